The van der Waals surface area contributed by atoms with Gasteiger partial charge in [0.2, 0.25) is 0 Å². The summed E-state index contributed by atoms with van der Waals surface area (Å²) < 4.78 is 27.8. The van der Waals surface area contributed by atoms with Crippen LogP contribution in [-0.4, -0.2) is 56.0 Å². The normalized spacial score (nSPS) is 20.6. The van der Waals surface area contributed by atoms with Gasteiger partial charge >= 0.3 is 0 Å². The molecule has 20 heavy (non-hydrogen) atoms. The first-order chi connectivity index (χ1) is 9.34. The molecule has 7 heteroatoms. The number of phenolic OH excluding ortho intramolecular Hbond substituents is 1. The minimum atomic E-state index is -3.04. The first-order valence-corrected chi connectivity index (χ1v) is 8.01. The van der Waals surface area contributed by atoms with Crippen LogP contribution in [0.5, 0.6) is 11.5 Å². The molecule has 1 saturated heterocycles. The molecule has 0 saturated carbocycles. The van der Waals surface area contributed by atoms with Crippen molar-refractivity contribution in [2.24, 2.45) is 0 Å². The second-order valence-electron chi connectivity index (χ2n) is 4.86. The molecular weight excluding hydrogens is 282 g/mol. The first-order valence-electron chi connectivity index (χ1n) is 6.18. The van der Waals surface area contributed by atoms with Gasteiger partial charge in [-0.15, -0.1) is 0 Å². The second kappa shape index (κ2) is 5.32. The Morgan fingerprint density at radius 3 is 2.65 bits per heavy atom. The quantitative estimate of drug-likeness (QED) is 0.886. The molecule has 1 N–H and O–H groups in total. The zero-order valence-corrected chi connectivity index (χ0v) is 12.2. The van der Waals surface area contributed by atoms with E-state index in [1.165, 1.54) is 24.1 Å². The molecule has 1 aromatic rings. The average molecular weight is 299 g/mol. The van der Waals surface area contributed by atoms with Crippen LogP contribution >= 0.6 is 0 Å². The molecule has 0 aromatic heterocycles. The van der Waals surface area contributed by atoms with Gasteiger partial charge in [-0.2, -0.15) is 0 Å². The van der Waals surface area contributed by atoms with E-state index in [1.807, 2.05) is 0 Å². The summed E-state index contributed by atoms with van der Waals surface area (Å²) in [6.07, 6.45) is 0.451. The molecule has 1 atom stereocenters. The number of ether oxygens (including phenoxy) is 1. The lowest BCUT2D eigenvalue weighted by Gasteiger charge is -2.23. The van der Waals surface area contributed by atoms with Gasteiger partial charge in [0.1, 0.15) is 0 Å². The second-order valence-corrected chi connectivity index (χ2v) is 7.09. The lowest BCUT2D eigenvalue weighted by molar-refractivity contribution is 0.0747. The zero-order chi connectivity index (χ0) is 14.9. The molecule has 2 rings (SSSR count). The van der Waals surface area contributed by atoms with Crippen molar-refractivity contribution in [1.82, 2.24) is 4.90 Å². The van der Waals surface area contributed by atoms with Gasteiger partial charge in [-0.05, 0) is 24.6 Å². The van der Waals surface area contributed by atoms with Gasteiger partial charge in [0.05, 0.1) is 18.6 Å². The van der Waals surface area contributed by atoms with Crippen LogP contribution < -0.4 is 4.74 Å². The third-order valence-electron chi connectivity index (χ3n) is 3.50. The molecular formula is C13H17NO5S. The van der Waals surface area contributed by atoms with Crippen LogP contribution in [-0.2, 0) is 9.84 Å². The van der Waals surface area contributed by atoms with Gasteiger partial charge in [0.25, 0.3) is 5.91 Å². The van der Waals surface area contributed by atoms with Crippen molar-refractivity contribution < 1.29 is 23.1 Å². The van der Waals surface area contributed by atoms with Crippen molar-refractivity contribution in [2.45, 2.75) is 12.5 Å². The highest BCUT2D eigenvalue weighted by atomic mass is 32.2. The van der Waals surface area contributed by atoms with E-state index in [0.717, 1.165) is 0 Å². The maximum absolute atomic E-state index is 12.3. The van der Waals surface area contributed by atoms with Crippen LogP contribution in [0.1, 0.15) is 16.8 Å². The smallest absolute Gasteiger partial charge is 0.254 e. The summed E-state index contributed by atoms with van der Waals surface area (Å²) >= 11 is 0. The summed E-state index contributed by atoms with van der Waals surface area (Å²) in [5, 5.41) is 9.68. The summed E-state index contributed by atoms with van der Waals surface area (Å²) in [6.45, 7) is 0. The number of phenols is 1. The number of methoxy groups -OCH3 is 1. The van der Waals surface area contributed by atoms with Crippen LogP contribution in [0.3, 0.4) is 0 Å². The Morgan fingerprint density at radius 1 is 1.45 bits per heavy atom. The van der Waals surface area contributed by atoms with E-state index in [-0.39, 0.29) is 35.0 Å². The Labute approximate surface area is 117 Å². The third-order valence-corrected chi connectivity index (χ3v) is 5.25. The van der Waals surface area contributed by atoms with E-state index in [4.69, 9.17) is 4.74 Å². The lowest BCUT2D eigenvalue weighted by atomic mass is 10.1. The monoisotopic (exact) mass is 299 g/mol. The van der Waals surface area contributed by atoms with E-state index in [2.05, 4.69) is 0 Å². The molecule has 1 heterocycles. The largest absolute Gasteiger partial charge is 0.504 e. The number of amides is 1. The van der Waals surface area contributed by atoms with E-state index >= 15 is 0 Å². The lowest BCUT2D eigenvalue weighted by Crippen LogP contribution is -2.37. The van der Waals surface area contributed by atoms with Crippen LogP contribution in [0.25, 0.3) is 0 Å². The minimum Gasteiger partial charge on any atom is -0.504 e. The Balaban J connectivity index is 2.17. The minimum absolute atomic E-state index is 0.00260. The molecule has 1 aromatic carbocycles. The van der Waals surface area contributed by atoms with Crippen molar-refractivity contribution >= 4 is 15.7 Å². The summed E-state index contributed by atoms with van der Waals surface area (Å²) in [5.74, 6) is -0.0379. The van der Waals surface area contributed by atoms with Crippen LogP contribution in [0.2, 0.25) is 0 Å². The fourth-order valence-corrected chi connectivity index (χ4v) is 4.05. The topological polar surface area (TPSA) is 83.9 Å². The fourth-order valence-electron chi connectivity index (χ4n) is 2.27. The highest BCUT2D eigenvalue weighted by molar-refractivity contribution is 7.91. The van der Waals surface area contributed by atoms with Crippen LogP contribution in [0, 0.1) is 0 Å². The Morgan fingerprint density at radius 2 is 2.15 bits per heavy atom. The number of rotatable bonds is 3. The third kappa shape index (κ3) is 2.87. The highest BCUT2D eigenvalue weighted by Crippen LogP contribution is 2.27. The Hall–Kier alpha value is -1.76. The van der Waals surface area contributed by atoms with Gasteiger partial charge in [-0.1, -0.05) is 0 Å². The predicted octanol–water partition coefficient (Wildman–Crippen LogP) is 0.660. The number of hydrogen-bond acceptors (Lipinski definition) is 5. The van der Waals surface area contributed by atoms with Gasteiger partial charge in [-0.3, -0.25) is 4.79 Å². The van der Waals surface area contributed by atoms with Crippen molar-refractivity contribution in [3.8, 4) is 11.5 Å². The van der Waals surface area contributed by atoms with E-state index in [1.54, 1.807) is 13.1 Å². The van der Waals surface area contributed by atoms with Crippen molar-refractivity contribution in [1.29, 1.82) is 0 Å². The molecule has 0 bridgehead atoms. The molecule has 110 valence electrons. The summed E-state index contributed by atoms with van der Waals surface area (Å²) in [6, 6.07) is 4.06. The van der Waals surface area contributed by atoms with Gasteiger partial charge < -0.3 is 14.7 Å². The van der Waals surface area contributed by atoms with Crippen LogP contribution in [0.15, 0.2) is 18.2 Å². The predicted molar refractivity (Wildman–Crippen MR) is 73.8 cm³/mol. The molecule has 1 amide bonds. The fraction of sp³-hybridized carbons (Fsp3) is 0.462. The van der Waals surface area contributed by atoms with E-state index in [9.17, 15) is 18.3 Å². The maximum atomic E-state index is 12.3. The highest BCUT2D eigenvalue weighted by Gasteiger charge is 2.33. The number of hydrogen-bond donors (Lipinski definition) is 1. The number of carbonyl (C=O) groups excluding carboxylic acids is 1. The standard InChI is InChI=1S/C13H17NO5S/c1-14(10-5-6-20(17,18)8-10)13(16)9-3-4-12(19-2)11(15)7-9/h3-4,7,10,15H,5-6,8H2,1-2H3. The van der Waals surface area contributed by atoms with Gasteiger partial charge in [0, 0.05) is 18.7 Å². The summed E-state index contributed by atoms with van der Waals surface area (Å²) in [5.41, 5.74) is 0.301. The molecule has 0 aliphatic carbocycles. The molecule has 1 aliphatic rings. The zero-order valence-electron chi connectivity index (χ0n) is 11.4. The van der Waals surface area contributed by atoms with Gasteiger partial charge in [0.15, 0.2) is 21.3 Å². The van der Waals surface area contributed by atoms with Gasteiger partial charge in [-0.25, -0.2) is 8.42 Å². The van der Waals surface area contributed by atoms with E-state index < -0.39 is 9.84 Å². The molecule has 1 unspecified atom stereocenters. The summed E-state index contributed by atoms with van der Waals surface area (Å²) in [7, 11) is -0.0371. The van der Waals surface area contributed by atoms with E-state index in [0.29, 0.717) is 12.0 Å². The molecule has 0 spiro atoms. The number of nitrogens with zero attached hydrogens (tertiary/aromatic N) is 1. The number of aromatic hydroxyl groups is 1. The molecule has 1 fully saturated rings. The summed E-state index contributed by atoms with van der Waals surface area (Å²) in [4.78, 5) is 13.7. The SMILES string of the molecule is COc1ccc(C(=O)N(C)C2CCS(=O)(=O)C2)cc1O. The molecule has 1 aliphatic heterocycles. The maximum Gasteiger partial charge on any atom is 0.254 e. The average Bonchev–Trinajstić information content (AvgIpc) is 2.77. The first kappa shape index (κ1) is 14.6. The Bertz CT molecular complexity index is 626. The van der Waals surface area contributed by atoms with Crippen molar-refractivity contribution in [3.63, 3.8) is 0 Å². The van der Waals surface area contributed by atoms with Crippen molar-refractivity contribution in [3.05, 3.63) is 23.8 Å². The molecule has 0 radical (unpaired) electrons. The van der Waals surface area contributed by atoms with Crippen LogP contribution in [0.4, 0.5) is 0 Å². The number of sulfone groups is 1. The number of carbonyl (C=O) groups is 1. The number of benzene rings is 1. The Kier molecular flexibility index (Phi) is 3.89. The molecule has 6 nitrogen and oxygen atoms in total. The van der Waals surface area contributed by atoms with Crippen molar-refractivity contribution in [2.75, 3.05) is 25.7 Å².